The van der Waals surface area contributed by atoms with Gasteiger partial charge in [-0.3, -0.25) is 4.79 Å². The van der Waals surface area contributed by atoms with Crippen LogP contribution >= 0.6 is 0 Å². The van der Waals surface area contributed by atoms with E-state index in [0.717, 1.165) is 58.4 Å². The molecule has 0 bridgehead atoms. The molecule has 1 amide bonds. The Morgan fingerprint density at radius 3 is 2.56 bits per heavy atom. The van der Waals surface area contributed by atoms with Crippen LogP contribution in [0.1, 0.15) is 56.8 Å². The van der Waals surface area contributed by atoms with Crippen molar-refractivity contribution in [3.63, 3.8) is 0 Å². The zero-order chi connectivity index (χ0) is 33.9. The quantitative estimate of drug-likeness (QED) is 0.376. The van der Waals surface area contributed by atoms with Crippen molar-refractivity contribution in [1.29, 1.82) is 0 Å². The highest BCUT2D eigenvalue weighted by atomic mass is 32.2. The summed E-state index contributed by atoms with van der Waals surface area (Å²) in [7, 11) is -3.53. The standard InChI is InChI=1S/C33H48FN7O6S/c1-4-41(24(2)3)32(42)28-17-25(34)5-8-29(28)47-30-18-35-23-36-31(30)39-21-33(22-39)9-11-38(12-10-33)19-27-7-6-26(20-46-27)37-48(43,44)40-13-15-45-16-14-40/h5,8,17-18,23-24,26-27,37H,4,6-7,9-16,19-22H2,1-3H3/t26-,27+/m1/s1. The zero-order valence-corrected chi connectivity index (χ0v) is 29.0. The maximum absolute atomic E-state index is 14.3. The van der Waals surface area contributed by atoms with Gasteiger partial charge in [-0.05, 0) is 77.7 Å². The Balaban J connectivity index is 0.992. The van der Waals surface area contributed by atoms with Crippen LogP contribution in [0.3, 0.4) is 0 Å². The fourth-order valence-electron chi connectivity index (χ4n) is 7.24. The molecule has 15 heteroatoms. The molecule has 1 aromatic heterocycles. The Morgan fingerprint density at radius 2 is 1.90 bits per heavy atom. The second-order valence-corrected chi connectivity index (χ2v) is 15.4. The van der Waals surface area contributed by atoms with Crippen LogP contribution in [0.5, 0.6) is 11.5 Å². The van der Waals surface area contributed by atoms with Gasteiger partial charge in [0.15, 0.2) is 11.6 Å². The number of rotatable bonds is 11. The molecule has 48 heavy (non-hydrogen) atoms. The number of carbonyl (C=O) groups excluding carboxylic acids is 1. The predicted molar refractivity (Wildman–Crippen MR) is 178 cm³/mol. The van der Waals surface area contributed by atoms with Gasteiger partial charge in [-0.1, -0.05) is 0 Å². The highest BCUT2D eigenvalue weighted by Crippen LogP contribution is 2.45. The molecule has 4 saturated heterocycles. The normalized spacial score (nSPS) is 23.6. The Bertz CT molecular complexity index is 1520. The van der Waals surface area contributed by atoms with Crippen molar-refractivity contribution < 1.29 is 31.8 Å². The number of halogens is 1. The van der Waals surface area contributed by atoms with Crippen molar-refractivity contribution in [2.75, 3.05) is 77.1 Å². The molecule has 2 atom stereocenters. The Hall–Kier alpha value is -2.95. The Kier molecular flexibility index (Phi) is 10.8. The average Bonchev–Trinajstić information content (AvgIpc) is 3.06. The van der Waals surface area contributed by atoms with Crippen molar-refractivity contribution in [2.45, 2.75) is 64.6 Å². The van der Waals surface area contributed by atoms with Crippen LogP contribution in [0.2, 0.25) is 0 Å². The van der Waals surface area contributed by atoms with Gasteiger partial charge in [0.2, 0.25) is 0 Å². The molecule has 6 rings (SSSR count). The van der Waals surface area contributed by atoms with E-state index in [2.05, 4.69) is 24.5 Å². The van der Waals surface area contributed by atoms with E-state index in [1.165, 1.54) is 28.8 Å². The van der Waals surface area contributed by atoms with Gasteiger partial charge in [-0.15, -0.1) is 0 Å². The van der Waals surface area contributed by atoms with Gasteiger partial charge in [0.25, 0.3) is 16.1 Å². The number of piperidine rings is 1. The van der Waals surface area contributed by atoms with Gasteiger partial charge >= 0.3 is 0 Å². The van der Waals surface area contributed by atoms with E-state index in [-0.39, 0.29) is 40.8 Å². The second-order valence-electron chi connectivity index (χ2n) is 13.7. The molecule has 1 aromatic carbocycles. The van der Waals surface area contributed by atoms with Crippen LogP contribution in [-0.4, -0.2) is 129 Å². The molecule has 264 valence electrons. The lowest BCUT2D eigenvalue weighted by Gasteiger charge is -2.54. The van der Waals surface area contributed by atoms with Gasteiger partial charge in [-0.2, -0.15) is 17.4 Å². The van der Waals surface area contributed by atoms with E-state index in [4.69, 9.17) is 14.2 Å². The molecule has 0 radical (unpaired) electrons. The Morgan fingerprint density at radius 1 is 1.15 bits per heavy atom. The maximum atomic E-state index is 14.3. The lowest BCUT2D eigenvalue weighted by Crippen LogP contribution is -2.61. The van der Waals surface area contributed by atoms with Crippen molar-refractivity contribution >= 4 is 21.9 Å². The molecule has 1 N–H and O–H groups in total. The largest absolute Gasteiger partial charge is 0.451 e. The third-order valence-corrected chi connectivity index (χ3v) is 11.7. The minimum Gasteiger partial charge on any atom is -0.451 e. The summed E-state index contributed by atoms with van der Waals surface area (Å²) in [4.78, 5) is 28.4. The molecule has 4 aliphatic rings. The molecular formula is C33H48FN7O6S. The van der Waals surface area contributed by atoms with Crippen LogP contribution in [0.25, 0.3) is 0 Å². The topological polar surface area (TPSA) is 130 Å². The van der Waals surface area contributed by atoms with Crippen LogP contribution < -0.4 is 14.4 Å². The smallest absolute Gasteiger partial charge is 0.279 e. The molecule has 2 aromatic rings. The average molecular weight is 690 g/mol. The van der Waals surface area contributed by atoms with Crippen LogP contribution in [-0.2, 0) is 19.7 Å². The summed E-state index contributed by atoms with van der Waals surface area (Å²) in [6.07, 6.45) is 6.86. The molecule has 13 nitrogen and oxygen atoms in total. The first-order valence-corrected chi connectivity index (χ1v) is 18.5. The number of amides is 1. The predicted octanol–water partition coefficient (Wildman–Crippen LogP) is 2.89. The minimum atomic E-state index is -3.53. The highest BCUT2D eigenvalue weighted by molar-refractivity contribution is 7.87. The van der Waals surface area contributed by atoms with Gasteiger partial charge < -0.3 is 28.9 Å². The molecule has 4 aliphatic heterocycles. The lowest BCUT2D eigenvalue weighted by molar-refractivity contribution is -0.0302. The molecule has 4 fully saturated rings. The van der Waals surface area contributed by atoms with Crippen molar-refractivity contribution in [1.82, 2.24) is 28.8 Å². The summed E-state index contributed by atoms with van der Waals surface area (Å²) in [5, 5.41) is 0. The van der Waals surface area contributed by atoms with E-state index >= 15 is 0 Å². The van der Waals surface area contributed by atoms with Crippen LogP contribution in [0.4, 0.5) is 10.2 Å². The summed E-state index contributed by atoms with van der Waals surface area (Å²) in [6, 6.07) is 3.74. The van der Waals surface area contributed by atoms with Crippen molar-refractivity contribution in [3.05, 3.63) is 42.1 Å². The van der Waals surface area contributed by atoms with E-state index in [1.54, 1.807) is 11.1 Å². The molecular weight excluding hydrogens is 641 g/mol. The number of morpholine rings is 1. The fraction of sp³-hybridized carbons (Fsp3) is 0.667. The summed E-state index contributed by atoms with van der Waals surface area (Å²) in [5.74, 6) is 0.564. The summed E-state index contributed by atoms with van der Waals surface area (Å²) < 4.78 is 61.6. The van der Waals surface area contributed by atoms with Crippen LogP contribution in [0, 0.1) is 11.2 Å². The maximum Gasteiger partial charge on any atom is 0.279 e. The van der Waals surface area contributed by atoms with Crippen molar-refractivity contribution in [2.24, 2.45) is 5.41 Å². The first-order valence-electron chi connectivity index (χ1n) is 17.1. The van der Waals surface area contributed by atoms with Gasteiger partial charge in [0.05, 0.1) is 37.7 Å². The number of likely N-dealkylation sites (tertiary alicyclic amines) is 1. The fourth-order valence-corrected chi connectivity index (χ4v) is 8.62. The van der Waals surface area contributed by atoms with E-state index in [9.17, 15) is 17.6 Å². The second kappa shape index (κ2) is 14.9. The SMILES string of the molecule is CCN(C(=O)c1cc(F)ccc1Oc1cncnc1N1CC2(CCN(C[C@@H]3CC[C@@H](NS(=O)(=O)N4CCOCC4)CO3)CC2)C1)C(C)C. The van der Waals surface area contributed by atoms with Gasteiger partial charge in [0.1, 0.15) is 17.9 Å². The lowest BCUT2D eigenvalue weighted by atomic mass is 9.72. The summed E-state index contributed by atoms with van der Waals surface area (Å²) in [5.41, 5.74) is 0.352. The number of nitrogens with one attached hydrogen (secondary N) is 1. The van der Waals surface area contributed by atoms with Crippen molar-refractivity contribution in [3.8, 4) is 11.5 Å². The summed E-state index contributed by atoms with van der Waals surface area (Å²) >= 11 is 0. The third kappa shape index (κ3) is 7.92. The van der Waals surface area contributed by atoms with Gasteiger partial charge in [0, 0.05) is 56.8 Å². The number of hydrogen-bond acceptors (Lipinski definition) is 10. The highest BCUT2D eigenvalue weighted by Gasteiger charge is 2.46. The first-order chi connectivity index (χ1) is 23.1. The summed E-state index contributed by atoms with van der Waals surface area (Å²) in [6.45, 7) is 12.7. The number of anilines is 1. The van der Waals surface area contributed by atoms with E-state index < -0.39 is 16.0 Å². The number of aromatic nitrogens is 2. The zero-order valence-electron chi connectivity index (χ0n) is 28.1. The number of nitrogens with zero attached hydrogens (tertiary/aromatic N) is 6. The number of benzene rings is 1. The first kappa shape index (κ1) is 34.9. The molecule has 0 saturated carbocycles. The number of hydrogen-bond donors (Lipinski definition) is 1. The Labute approximate surface area is 282 Å². The monoisotopic (exact) mass is 689 g/mol. The van der Waals surface area contributed by atoms with Gasteiger partial charge in [-0.25, -0.2) is 14.4 Å². The third-order valence-electron chi connectivity index (χ3n) is 10.0. The van der Waals surface area contributed by atoms with Crippen LogP contribution in [0.15, 0.2) is 30.7 Å². The molecule has 5 heterocycles. The van der Waals surface area contributed by atoms with E-state index in [1.807, 2.05) is 20.8 Å². The number of carbonyl (C=O) groups is 1. The number of ether oxygens (including phenoxy) is 3. The molecule has 0 unspecified atom stereocenters. The van der Waals surface area contributed by atoms with E-state index in [0.29, 0.717) is 51.0 Å². The minimum absolute atomic E-state index is 0.0466. The molecule has 1 spiro atoms. The molecule has 0 aliphatic carbocycles.